The third kappa shape index (κ3) is 3.35. The predicted molar refractivity (Wildman–Crippen MR) is 80.5 cm³/mol. The van der Waals surface area contributed by atoms with E-state index in [1.807, 2.05) is 6.07 Å². The zero-order valence-electron chi connectivity index (χ0n) is 9.31. The third-order valence-corrected chi connectivity index (χ3v) is 4.56. The highest BCUT2D eigenvalue weighted by molar-refractivity contribution is 14.1. The van der Waals surface area contributed by atoms with Gasteiger partial charge in [-0.3, -0.25) is 4.79 Å². The van der Waals surface area contributed by atoms with Crippen LogP contribution in [0.3, 0.4) is 0 Å². The molecule has 1 amide bonds. The number of hydrogen-bond acceptors (Lipinski definition) is 3. The van der Waals surface area contributed by atoms with Crippen molar-refractivity contribution in [2.24, 2.45) is 0 Å². The first kappa shape index (κ1) is 14.1. The van der Waals surface area contributed by atoms with Crippen molar-refractivity contribution in [3.8, 4) is 0 Å². The van der Waals surface area contributed by atoms with Gasteiger partial charge in [0.05, 0.1) is 0 Å². The number of carbonyl (C=O) groups excluding carboxylic acids is 1. The van der Waals surface area contributed by atoms with E-state index in [-0.39, 0.29) is 11.5 Å². The monoisotopic (exact) mass is 435 g/mol. The number of carbonyl (C=O) groups is 2. The number of benzene rings is 1. The molecular weight excluding hydrogens is 429 g/mol. The molecular formula is C12H7BrINO4. The molecule has 0 aliphatic carbocycles. The minimum absolute atomic E-state index is 0.0490. The van der Waals surface area contributed by atoms with E-state index in [0.29, 0.717) is 5.69 Å². The van der Waals surface area contributed by atoms with Crippen LogP contribution in [0.4, 0.5) is 5.69 Å². The first-order chi connectivity index (χ1) is 8.97. The Morgan fingerprint density at radius 3 is 2.47 bits per heavy atom. The number of halogens is 2. The molecule has 1 aromatic heterocycles. The lowest BCUT2D eigenvalue weighted by Gasteiger charge is -2.04. The van der Waals surface area contributed by atoms with E-state index in [4.69, 9.17) is 9.52 Å². The molecule has 0 bridgehead atoms. The summed E-state index contributed by atoms with van der Waals surface area (Å²) in [5, 5.41) is 11.3. The summed E-state index contributed by atoms with van der Waals surface area (Å²) in [6, 6.07) is 7.89. The molecule has 7 heteroatoms. The average Bonchev–Trinajstić information content (AvgIpc) is 2.83. The normalized spacial score (nSPS) is 10.2. The fourth-order valence-corrected chi connectivity index (χ4v) is 2.06. The number of rotatable bonds is 3. The first-order valence-corrected chi connectivity index (χ1v) is 6.94. The minimum Gasteiger partial charge on any atom is -0.475 e. The van der Waals surface area contributed by atoms with E-state index >= 15 is 0 Å². The van der Waals surface area contributed by atoms with E-state index in [9.17, 15) is 9.59 Å². The van der Waals surface area contributed by atoms with Crippen LogP contribution in [0.1, 0.15) is 21.1 Å². The maximum atomic E-state index is 11.8. The lowest BCUT2D eigenvalue weighted by molar-refractivity contribution is 0.0660. The van der Waals surface area contributed by atoms with Gasteiger partial charge in [-0.15, -0.1) is 0 Å². The number of amides is 1. The fraction of sp³-hybridized carbons (Fsp3) is 0. The smallest absolute Gasteiger partial charge is 0.371 e. The lowest BCUT2D eigenvalue weighted by Crippen LogP contribution is -2.11. The van der Waals surface area contributed by atoms with Gasteiger partial charge in [0.15, 0.2) is 5.76 Å². The van der Waals surface area contributed by atoms with E-state index in [1.54, 1.807) is 12.1 Å². The van der Waals surface area contributed by atoms with Crippen molar-refractivity contribution >= 4 is 56.1 Å². The molecule has 0 radical (unpaired) electrons. The van der Waals surface area contributed by atoms with Gasteiger partial charge in [0, 0.05) is 13.7 Å². The minimum atomic E-state index is -1.21. The quantitative estimate of drug-likeness (QED) is 0.722. The van der Waals surface area contributed by atoms with Crippen LogP contribution < -0.4 is 5.32 Å². The summed E-state index contributed by atoms with van der Waals surface area (Å²) in [6.07, 6.45) is 0. The zero-order chi connectivity index (χ0) is 14.0. The molecule has 98 valence electrons. The van der Waals surface area contributed by atoms with Crippen LogP contribution in [0.2, 0.25) is 0 Å². The van der Waals surface area contributed by atoms with E-state index in [0.717, 1.165) is 8.04 Å². The number of aromatic carboxylic acids is 1. The van der Waals surface area contributed by atoms with E-state index in [2.05, 4.69) is 43.8 Å². The Kier molecular flexibility index (Phi) is 4.25. The van der Waals surface area contributed by atoms with Gasteiger partial charge >= 0.3 is 5.97 Å². The maximum absolute atomic E-state index is 11.8. The number of carboxylic acids is 1. The van der Waals surface area contributed by atoms with Crippen LogP contribution in [0.15, 0.2) is 39.2 Å². The second-order valence-corrected chi connectivity index (χ2v) is 5.57. The summed E-state index contributed by atoms with van der Waals surface area (Å²) in [5.41, 5.74) is 0.588. The van der Waals surface area contributed by atoms with Gasteiger partial charge < -0.3 is 14.8 Å². The van der Waals surface area contributed by atoms with Crippen molar-refractivity contribution < 1.29 is 19.1 Å². The second-order valence-electron chi connectivity index (χ2n) is 3.55. The standard InChI is InChI=1S/C12H7BrINO4/c13-7-5-6(1-2-8(7)14)15-11(16)9-3-4-10(19-9)12(17)18/h1-5H,(H,15,16)(H,17,18). The van der Waals surface area contributed by atoms with Crippen molar-refractivity contribution in [1.82, 2.24) is 0 Å². The Morgan fingerprint density at radius 1 is 1.21 bits per heavy atom. The highest BCUT2D eigenvalue weighted by atomic mass is 127. The van der Waals surface area contributed by atoms with Crippen LogP contribution in [0.5, 0.6) is 0 Å². The van der Waals surface area contributed by atoms with E-state index < -0.39 is 11.9 Å². The predicted octanol–water partition coefficient (Wildman–Crippen LogP) is 3.60. The van der Waals surface area contributed by atoms with Crippen LogP contribution in [-0.2, 0) is 0 Å². The number of carboxylic acid groups (broad SMARTS) is 1. The highest BCUT2D eigenvalue weighted by Crippen LogP contribution is 2.23. The fourth-order valence-electron chi connectivity index (χ4n) is 1.34. The van der Waals surface area contributed by atoms with Gasteiger partial charge in [-0.25, -0.2) is 4.79 Å². The molecule has 1 aromatic carbocycles. The Balaban J connectivity index is 2.15. The largest absolute Gasteiger partial charge is 0.475 e. The molecule has 0 unspecified atom stereocenters. The van der Waals surface area contributed by atoms with Crippen molar-refractivity contribution in [3.05, 3.63) is 49.9 Å². The van der Waals surface area contributed by atoms with Gasteiger partial charge in [-0.05, 0) is 68.9 Å². The van der Waals surface area contributed by atoms with Gasteiger partial charge in [0.2, 0.25) is 5.76 Å². The third-order valence-electron chi connectivity index (χ3n) is 2.22. The number of hydrogen-bond donors (Lipinski definition) is 2. The van der Waals surface area contributed by atoms with Gasteiger partial charge in [-0.1, -0.05) is 0 Å². The Bertz CT molecular complexity index is 653. The summed E-state index contributed by atoms with van der Waals surface area (Å²) in [5.74, 6) is -2.03. The van der Waals surface area contributed by atoms with E-state index in [1.165, 1.54) is 12.1 Å². The van der Waals surface area contributed by atoms with Crippen LogP contribution in [0.25, 0.3) is 0 Å². The highest BCUT2D eigenvalue weighted by Gasteiger charge is 2.15. The van der Waals surface area contributed by atoms with Crippen molar-refractivity contribution in [2.45, 2.75) is 0 Å². The van der Waals surface area contributed by atoms with Crippen molar-refractivity contribution in [1.29, 1.82) is 0 Å². The molecule has 0 fully saturated rings. The van der Waals surface area contributed by atoms with Crippen LogP contribution in [0, 0.1) is 3.57 Å². The molecule has 2 aromatic rings. The Labute approximate surface area is 130 Å². The molecule has 0 saturated heterocycles. The summed E-state index contributed by atoms with van der Waals surface area (Å²) in [6.45, 7) is 0. The van der Waals surface area contributed by atoms with Crippen LogP contribution >= 0.6 is 38.5 Å². The molecule has 0 aliphatic rings. The Morgan fingerprint density at radius 2 is 1.89 bits per heavy atom. The van der Waals surface area contributed by atoms with Gasteiger partial charge in [0.1, 0.15) is 0 Å². The SMILES string of the molecule is O=C(O)c1ccc(C(=O)Nc2ccc(I)c(Br)c2)o1. The topological polar surface area (TPSA) is 79.5 Å². The molecule has 5 nitrogen and oxygen atoms in total. The first-order valence-electron chi connectivity index (χ1n) is 5.07. The van der Waals surface area contributed by atoms with Crippen molar-refractivity contribution in [2.75, 3.05) is 5.32 Å². The molecule has 2 rings (SSSR count). The average molecular weight is 436 g/mol. The van der Waals surface area contributed by atoms with Gasteiger partial charge in [0.25, 0.3) is 5.91 Å². The lowest BCUT2D eigenvalue weighted by atomic mass is 10.3. The summed E-state index contributed by atoms with van der Waals surface area (Å²) in [4.78, 5) is 22.5. The summed E-state index contributed by atoms with van der Waals surface area (Å²) >= 11 is 5.51. The number of nitrogens with one attached hydrogen (secondary N) is 1. The molecule has 19 heavy (non-hydrogen) atoms. The molecule has 0 saturated carbocycles. The number of furan rings is 1. The number of anilines is 1. The summed E-state index contributed by atoms with van der Waals surface area (Å²) < 4.78 is 6.78. The zero-order valence-corrected chi connectivity index (χ0v) is 13.1. The molecule has 1 heterocycles. The molecule has 2 N–H and O–H groups in total. The van der Waals surface area contributed by atoms with Crippen molar-refractivity contribution in [3.63, 3.8) is 0 Å². The van der Waals surface area contributed by atoms with Crippen LogP contribution in [-0.4, -0.2) is 17.0 Å². The summed E-state index contributed by atoms with van der Waals surface area (Å²) in [7, 11) is 0. The Hall–Kier alpha value is -1.35. The molecule has 0 aliphatic heterocycles. The molecule has 0 spiro atoms. The maximum Gasteiger partial charge on any atom is 0.371 e. The molecule has 0 atom stereocenters. The van der Waals surface area contributed by atoms with Gasteiger partial charge in [-0.2, -0.15) is 0 Å². The second kappa shape index (κ2) is 5.74.